The fourth-order valence-corrected chi connectivity index (χ4v) is 2.84. The molecule has 1 N–H and O–H groups in total. The van der Waals surface area contributed by atoms with Gasteiger partial charge in [-0.05, 0) is 36.5 Å². The molecular weight excluding hydrogens is 219 g/mol. The van der Waals surface area contributed by atoms with E-state index in [2.05, 4.69) is 6.92 Å². The van der Waals surface area contributed by atoms with Gasteiger partial charge in [-0.3, -0.25) is 4.79 Å². The Morgan fingerprint density at radius 2 is 2.00 bits per heavy atom. The molecule has 0 spiro atoms. The van der Waals surface area contributed by atoms with Gasteiger partial charge in [0.2, 0.25) is 0 Å². The highest BCUT2D eigenvalue weighted by Gasteiger charge is 2.50. The zero-order valence-corrected chi connectivity index (χ0v) is 9.95. The minimum Gasteiger partial charge on any atom is -0.481 e. The number of halogens is 1. The van der Waals surface area contributed by atoms with Crippen LogP contribution in [0.1, 0.15) is 38.2 Å². The summed E-state index contributed by atoms with van der Waals surface area (Å²) in [6.45, 7) is 2.11. The van der Waals surface area contributed by atoms with Crippen LogP contribution >= 0.6 is 0 Å². The van der Waals surface area contributed by atoms with E-state index < -0.39 is 11.4 Å². The van der Waals surface area contributed by atoms with Crippen molar-refractivity contribution >= 4 is 5.97 Å². The van der Waals surface area contributed by atoms with E-state index in [1.165, 1.54) is 12.1 Å². The van der Waals surface area contributed by atoms with Crippen molar-refractivity contribution in [3.05, 3.63) is 35.6 Å². The van der Waals surface area contributed by atoms with Gasteiger partial charge >= 0.3 is 5.97 Å². The maximum atomic E-state index is 12.8. The predicted octanol–water partition coefficient (Wildman–Crippen LogP) is 3.36. The summed E-state index contributed by atoms with van der Waals surface area (Å²) < 4.78 is 12.8. The molecule has 0 radical (unpaired) electrons. The van der Waals surface area contributed by atoms with Gasteiger partial charge in [0, 0.05) is 0 Å². The van der Waals surface area contributed by atoms with Gasteiger partial charge in [-0.1, -0.05) is 31.9 Å². The van der Waals surface area contributed by atoms with Crippen LogP contribution in [0.25, 0.3) is 0 Å². The fourth-order valence-electron chi connectivity index (χ4n) is 2.84. The standard InChI is InChI=1S/C14H17FO2/c1-2-3-10-8-14(9-10,13(16)17)11-4-6-12(15)7-5-11/h4-7,10H,2-3,8-9H2,1H3,(H,16,17). The average molecular weight is 236 g/mol. The highest BCUT2D eigenvalue weighted by molar-refractivity contribution is 5.82. The van der Waals surface area contributed by atoms with E-state index in [1.54, 1.807) is 12.1 Å². The molecule has 2 rings (SSSR count). The van der Waals surface area contributed by atoms with Crippen LogP contribution in [-0.2, 0) is 10.2 Å². The normalized spacial score (nSPS) is 27.5. The van der Waals surface area contributed by atoms with Crippen LogP contribution in [0.5, 0.6) is 0 Å². The summed E-state index contributed by atoms with van der Waals surface area (Å²) in [6.07, 6.45) is 3.53. The number of rotatable bonds is 4. The van der Waals surface area contributed by atoms with E-state index in [0.717, 1.165) is 18.4 Å². The summed E-state index contributed by atoms with van der Waals surface area (Å²) >= 11 is 0. The summed E-state index contributed by atoms with van der Waals surface area (Å²) in [5.41, 5.74) is -0.0353. The number of carboxylic acid groups (broad SMARTS) is 1. The zero-order chi connectivity index (χ0) is 12.5. The van der Waals surface area contributed by atoms with E-state index in [9.17, 15) is 14.3 Å². The van der Waals surface area contributed by atoms with Crippen molar-refractivity contribution in [2.24, 2.45) is 5.92 Å². The molecule has 0 saturated heterocycles. The molecule has 92 valence electrons. The van der Waals surface area contributed by atoms with Crippen molar-refractivity contribution in [1.29, 1.82) is 0 Å². The molecule has 0 amide bonds. The number of carboxylic acids is 1. The topological polar surface area (TPSA) is 37.3 Å². The first kappa shape index (κ1) is 12.1. The molecule has 0 unspecified atom stereocenters. The second-order valence-corrected chi connectivity index (χ2v) is 4.96. The molecule has 1 aliphatic rings. The molecule has 0 aliphatic heterocycles. The smallest absolute Gasteiger partial charge is 0.314 e. The SMILES string of the molecule is CCCC1CC(C(=O)O)(c2ccc(F)cc2)C1. The Kier molecular flexibility index (Phi) is 3.18. The third kappa shape index (κ3) is 2.06. The van der Waals surface area contributed by atoms with Crippen LogP contribution in [0.15, 0.2) is 24.3 Å². The first-order valence-corrected chi connectivity index (χ1v) is 6.08. The molecule has 3 heteroatoms. The second-order valence-electron chi connectivity index (χ2n) is 4.96. The molecule has 1 aromatic rings. The third-order valence-electron chi connectivity index (χ3n) is 3.78. The fraction of sp³-hybridized carbons (Fsp3) is 0.500. The molecule has 1 fully saturated rings. The summed E-state index contributed by atoms with van der Waals surface area (Å²) in [5, 5.41) is 9.40. The molecule has 1 saturated carbocycles. The number of carbonyl (C=O) groups is 1. The lowest BCUT2D eigenvalue weighted by atomic mass is 9.57. The van der Waals surface area contributed by atoms with Gasteiger partial charge in [0.15, 0.2) is 0 Å². The lowest BCUT2D eigenvalue weighted by Gasteiger charge is -2.45. The first-order chi connectivity index (χ1) is 8.08. The number of benzene rings is 1. The second kappa shape index (κ2) is 4.47. The van der Waals surface area contributed by atoms with Crippen molar-refractivity contribution in [1.82, 2.24) is 0 Å². The maximum Gasteiger partial charge on any atom is 0.314 e. The largest absolute Gasteiger partial charge is 0.481 e. The lowest BCUT2D eigenvalue weighted by molar-refractivity contribution is -0.150. The minimum absolute atomic E-state index is 0.321. The molecular formula is C14H17FO2. The van der Waals surface area contributed by atoms with Gasteiger partial charge in [-0.2, -0.15) is 0 Å². The van der Waals surface area contributed by atoms with Crippen LogP contribution in [0.2, 0.25) is 0 Å². The van der Waals surface area contributed by atoms with Crippen molar-refractivity contribution in [3.8, 4) is 0 Å². The molecule has 0 bridgehead atoms. The Hall–Kier alpha value is -1.38. The first-order valence-electron chi connectivity index (χ1n) is 6.08. The Morgan fingerprint density at radius 3 is 2.47 bits per heavy atom. The molecule has 17 heavy (non-hydrogen) atoms. The highest BCUT2D eigenvalue weighted by Crippen LogP contribution is 2.49. The summed E-state index contributed by atoms with van der Waals surface area (Å²) in [5.74, 6) is -0.601. The van der Waals surface area contributed by atoms with Crippen molar-refractivity contribution in [3.63, 3.8) is 0 Å². The van der Waals surface area contributed by atoms with Gasteiger partial charge in [-0.25, -0.2) is 4.39 Å². The zero-order valence-electron chi connectivity index (χ0n) is 9.95. The number of hydrogen-bond acceptors (Lipinski definition) is 1. The molecule has 1 aromatic carbocycles. The van der Waals surface area contributed by atoms with Crippen LogP contribution in [0, 0.1) is 11.7 Å². The van der Waals surface area contributed by atoms with Gasteiger partial charge < -0.3 is 5.11 Å². The van der Waals surface area contributed by atoms with E-state index >= 15 is 0 Å². The third-order valence-corrected chi connectivity index (χ3v) is 3.78. The Labute approximate surface area is 100 Å². The molecule has 0 aromatic heterocycles. The summed E-state index contributed by atoms with van der Waals surface area (Å²) in [6, 6.07) is 5.89. The molecule has 2 nitrogen and oxygen atoms in total. The van der Waals surface area contributed by atoms with Crippen LogP contribution < -0.4 is 0 Å². The van der Waals surface area contributed by atoms with Gasteiger partial charge in [0.05, 0.1) is 5.41 Å². The van der Waals surface area contributed by atoms with Crippen LogP contribution in [0.4, 0.5) is 4.39 Å². The highest BCUT2D eigenvalue weighted by atomic mass is 19.1. The number of aliphatic carboxylic acids is 1. The Morgan fingerprint density at radius 1 is 1.41 bits per heavy atom. The van der Waals surface area contributed by atoms with Crippen molar-refractivity contribution in [2.75, 3.05) is 0 Å². The summed E-state index contributed by atoms with van der Waals surface area (Å²) in [4.78, 5) is 11.4. The van der Waals surface area contributed by atoms with Crippen molar-refractivity contribution < 1.29 is 14.3 Å². The van der Waals surface area contributed by atoms with Crippen LogP contribution in [0.3, 0.4) is 0 Å². The van der Waals surface area contributed by atoms with E-state index in [1.807, 2.05) is 0 Å². The molecule has 0 atom stereocenters. The predicted molar refractivity (Wildman–Crippen MR) is 63.3 cm³/mol. The Balaban J connectivity index is 2.20. The summed E-state index contributed by atoms with van der Waals surface area (Å²) in [7, 11) is 0. The van der Waals surface area contributed by atoms with Crippen LogP contribution in [-0.4, -0.2) is 11.1 Å². The number of hydrogen-bond donors (Lipinski definition) is 1. The molecule has 0 heterocycles. The average Bonchev–Trinajstić information content (AvgIpc) is 2.24. The van der Waals surface area contributed by atoms with Crippen molar-refractivity contribution in [2.45, 2.75) is 38.0 Å². The lowest BCUT2D eigenvalue weighted by Crippen LogP contribution is -2.47. The monoisotopic (exact) mass is 236 g/mol. The van der Waals surface area contributed by atoms with Gasteiger partial charge in [-0.15, -0.1) is 0 Å². The van der Waals surface area contributed by atoms with Gasteiger partial charge in [0.1, 0.15) is 5.82 Å². The van der Waals surface area contributed by atoms with E-state index in [-0.39, 0.29) is 5.82 Å². The maximum absolute atomic E-state index is 12.8. The molecule has 1 aliphatic carbocycles. The minimum atomic E-state index is -0.781. The van der Waals surface area contributed by atoms with E-state index in [0.29, 0.717) is 18.8 Å². The van der Waals surface area contributed by atoms with Gasteiger partial charge in [0.25, 0.3) is 0 Å². The van der Waals surface area contributed by atoms with E-state index in [4.69, 9.17) is 0 Å². The quantitative estimate of drug-likeness (QED) is 0.870. The Bertz CT molecular complexity index is 405.